The second kappa shape index (κ2) is 6.60. The molecule has 1 N–H and O–H groups in total. The molecule has 0 spiro atoms. The van der Waals surface area contributed by atoms with Crippen LogP contribution < -0.4 is 5.32 Å². The Morgan fingerprint density at radius 1 is 1.29 bits per heavy atom. The van der Waals surface area contributed by atoms with Crippen LogP contribution in [0.3, 0.4) is 0 Å². The van der Waals surface area contributed by atoms with E-state index in [0.29, 0.717) is 11.1 Å². The molecular weight excluding hydrogens is 284 g/mol. The third kappa shape index (κ3) is 4.56. The maximum absolute atomic E-state index is 12.4. The van der Waals surface area contributed by atoms with Gasteiger partial charge >= 0.3 is 6.03 Å². The quantitative estimate of drug-likeness (QED) is 0.909. The van der Waals surface area contributed by atoms with Gasteiger partial charge < -0.3 is 10.2 Å². The maximum Gasteiger partial charge on any atom is 0.321 e. The van der Waals surface area contributed by atoms with Crippen molar-refractivity contribution >= 4 is 22.5 Å². The van der Waals surface area contributed by atoms with Crippen molar-refractivity contribution in [1.82, 2.24) is 4.90 Å². The Hall–Kier alpha value is -1.36. The second-order valence-corrected chi connectivity index (χ2v) is 7.80. The van der Waals surface area contributed by atoms with Crippen molar-refractivity contribution in [2.24, 2.45) is 5.41 Å². The average molecular weight is 308 g/mol. The highest BCUT2D eigenvalue weighted by molar-refractivity contribution is 7.84. The fourth-order valence-corrected chi connectivity index (χ4v) is 3.14. The van der Waals surface area contributed by atoms with Crippen molar-refractivity contribution in [3.8, 4) is 0 Å². The number of carbonyl (C=O) groups excluding carboxylic acids is 1. The summed E-state index contributed by atoms with van der Waals surface area (Å²) in [7, 11) is -1.04. The predicted molar refractivity (Wildman–Crippen MR) is 87.0 cm³/mol. The maximum atomic E-state index is 12.4. The zero-order chi connectivity index (χ0) is 15.5. The summed E-state index contributed by atoms with van der Waals surface area (Å²) in [6, 6.07) is 7.16. The van der Waals surface area contributed by atoms with Gasteiger partial charge in [-0.1, -0.05) is 19.9 Å². The topological polar surface area (TPSA) is 49.4 Å². The molecular formula is C16H24N2O2S. The number of nitrogens with one attached hydrogen (secondary N) is 1. The number of urea groups is 1. The van der Waals surface area contributed by atoms with E-state index < -0.39 is 10.8 Å². The molecule has 1 aromatic rings. The summed E-state index contributed by atoms with van der Waals surface area (Å²) in [4.78, 5) is 15.0. The van der Waals surface area contributed by atoms with Gasteiger partial charge in [-0.3, -0.25) is 4.21 Å². The summed E-state index contributed by atoms with van der Waals surface area (Å²) >= 11 is 0. The SMILES string of the molecule is C[S@](=O)c1cccc(NC(=O)N2CCCC(C)(C)CC2)c1. The largest absolute Gasteiger partial charge is 0.325 e. The zero-order valence-corrected chi connectivity index (χ0v) is 13.8. The number of benzene rings is 1. The lowest BCUT2D eigenvalue weighted by molar-refractivity contribution is 0.211. The molecule has 116 valence electrons. The molecule has 1 aromatic carbocycles. The first kappa shape index (κ1) is 16.0. The van der Waals surface area contributed by atoms with Gasteiger partial charge in [0.05, 0.1) is 0 Å². The van der Waals surface area contributed by atoms with E-state index in [9.17, 15) is 9.00 Å². The van der Waals surface area contributed by atoms with Crippen LogP contribution in [0.1, 0.15) is 33.1 Å². The van der Waals surface area contributed by atoms with Gasteiger partial charge in [0, 0.05) is 40.7 Å². The third-order valence-electron chi connectivity index (χ3n) is 4.04. The van der Waals surface area contributed by atoms with Crippen molar-refractivity contribution in [2.75, 3.05) is 24.7 Å². The molecule has 1 saturated heterocycles. The fraction of sp³-hybridized carbons (Fsp3) is 0.562. The number of anilines is 1. The number of amides is 2. The molecule has 1 heterocycles. The Labute approximate surface area is 129 Å². The lowest BCUT2D eigenvalue weighted by atomic mass is 9.85. The number of nitrogens with zero attached hydrogens (tertiary/aromatic N) is 1. The molecule has 0 radical (unpaired) electrons. The lowest BCUT2D eigenvalue weighted by Crippen LogP contribution is -2.36. The van der Waals surface area contributed by atoms with Gasteiger partial charge in [-0.2, -0.15) is 0 Å². The molecule has 0 bridgehead atoms. The van der Waals surface area contributed by atoms with Gasteiger partial charge in [0.25, 0.3) is 0 Å². The van der Waals surface area contributed by atoms with E-state index in [1.165, 1.54) is 0 Å². The lowest BCUT2D eigenvalue weighted by Gasteiger charge is -2.23. The van der Waals surface area contributed by atoms with E-state index in [0.717, 1.165) is 37.2 Å². The summed E-state index contributed by atoms with van der Waals surface area (Å²) in [6.07, 6.45) is 4.86. The summed E-state index contributed by atoms with van der Waals surface area (Å²) in [5.41, 5.74) is 1.02. The Bertz CT molecular complexity index is 543. The number of hydrogen-bond donors (Lipinski definition) is 1. The Kier molecular flexibility index (Phi) is 5.04. The molecule has 21 heavy (non-hydrogen) atoms. The first-order valence-electron chi connectivity index (χ1n) is 7.37. The Balaban J connectivity index is 2.01. The van der Waals surface area contributed by atoms with Gasteiger partial charge in [0.1, 0.15) is 0 Å². The highest BCUT2D eigenvalue weighted by atomic mass is 32.2. The Morgan fingerprint density at radius 3 is 2.76 bits per heavy atom. The minimum absolute atomic E-state index is 0.0632. The highest BCUT2D eigenvalue weighted by Crippen LogP contribution is 2.30. The normalized spacial score (nSPS) is 19.7. The van der Waals surface area contributed by atoms with Crippen LogP contribution in [0.2, 0.25) is 0 Å². The molecule has 1 aliphatic heterocycles. The molecule has 0 aliphatic carbocycles. The van der Waals surface area contributed by atoms with Crippen molar-refractivity contribution in [3.05, 3.63) is 24.3 Å². The van der Waals surface area contributed by atoms with Gasteiger partial charge in [0.2, 0.25) is 0 Å². The van der Waals surface area contributed by atoms with Crippen molar-refractivity contribution in [3.63, 3.8) is 0 Å². The van der Waals surface area contributed by atoms with Crippen LogP contribution in [-0.2, 0) is 10.8 Å². The third-order valence-corrected chi connectivity index (χ3v) is 4.96. The smallest absolute Gasteiger partial charge is 0.321 e. The van der Waals surface area contributed by atoms with Gasteiger partial charge in [-0.05, 0) is 42.9 Å². The highest BCUT2D eigenvalue weighted by Gasteiger charge is 2.25. The van der Waals surface area contributed by atoms with E-state index in [2.05, 4.69) is 19.2 Å². The minimum Gasteiger partial charge on any atom is -0.325 e. The van der Waals surface area contributed by atoms with E-state index in [1.807, 2.05) is 17.0 Å². The van der Waals surface area contributed by atoms with Crippen molar-refractivity contribution < 1.29 is 9.00 Å². The fourth-order valence-electron chi connectivity index (χ4n) is 2.58. The van der Waals surface area contributed by atoms with Crippen LogP contribution in [-0.4, -0.2) is 34.5 Å². The molecule has 0 aromatic heterocycles. The molecule has 5 heteroatoms. The number of rotatable bonds is 2. The second-order valence-electron chi connectivity index (χ2n) is 6.42. The number of likely N-dealkylation sites (tertiary alicyclic amines) is 1. The van der Waals surface area contributed by atoms with E-state index in [4.69, 9.17) is 0 Å². The molecule has 0 saturated carbocycles. The number of carbonyl (C=O) groups is 1. The van der Waals surface area contributed by atoms with E-state index in [-0.39, 0.29) is 6.03 Å². The first-order chi connectivity index (χ1) is 9.87. The first-order valence-corrected chi connectivity index (χ1v) is 8.93. The summed E-state index contributed by atoms with van der Waals surface area (Å²) in [5, 5.41) is 2.91. The van der Waals surface area contributed by atoms with E-state index >= 15 is 0 Å². The molecule has 1 aliphatic rings. The summed E-state index contributed by atoms with van der Waals surface area (Å²) in [5.74, 6) is 0. The van der Waals surface area contributed by atoms with Crippen LogP contribution in [0.15, 0.2) is 29.2 Å². The predicted octanol–water partition coefficient (Wildman–Crippen LogP) is 3.47. The van der Waals surface area contributed by atoms with Crippen LogP contribution in [0.25, 0.3) is 0 Å². The van der Waals surface area contributed by atoms with Crippen LogP contribution >= 0.6 is 0 Å². The molecule has 0 unspecified atom stereocenters. The Morgan fingerprint density at radius 2 is 2.05 bits per heavy atom. The van der Waals surface area contributed by atoms with Gasteiger partial charge in [-0.25, -0.2) is 4.79 Å². The zero-order valence-electron chi connectivity index (χ0n) is 13.0. The van der Waals surface area contributed by atoms with Crippen LogP contribution in [0.5, 0.6) is 0 Å². The molecule has 2 amide bonds. The van der Waals surface area contributed by atoms with Gasteiger partial charge in [-0.15, -0.1) is 0 Å². The van der Waals surface area contributed by atoms with Crippen LogP contribution in [0, 0.1) is 5.41 Å². The summed E-state index contributed by atoms with van der Waals surface area (Å²) in [6.45, 7) is 6.11. The van der Waals surface area contributed by atoms with Crippen LogP contribution in [0.4, 0.5) is 10.5 Å². The average Bonchev–Trinajstić information content (AvgIpc) is 2.60. The molecule has 1 atom stereocenters. The molecule has 4 nitrogen and oxygen atoms in total. The standard InChI is InChI=1S/C16H24N2O2S/c1-16(2)8-5-10-18(11-9-16)15(19)17-13-6-4-7-14(12-13)21(3)20/h4,6-7,12H,5,8-11H2,1-3H3,(H,17,19)/t21-/m0/s1. The van der Waals surface area contributed by atoms with E-state index in [1.54, 1.807) is 18.4 Å². The van der Waals surface area contributed by atoms with Crippen molar-refractivity contribution in [2.45, 2.75) is 38.0 Å². The van der Waals surface area contributed by atoms with Gasteiger partial charge in [0.15, 0.2) is 0 Å². The number of hydrogen-bond acceptors (Lipinski definition) is 2. The summed E-state index contributed by atoms with van der Waals surface area (Å²) < 4.78 is 11.5. The monoisotopic (exact) mass is 308 g/mol. The van der Waals surface area contributed by atoms with Crippen molar-refractivity contribution in [1.29, 1.82) is 0 Å². The molecule has 1 fully saturated rings. The molecule has 2 rings (SSSR count). The minimum atomic E-state index is -1.04.